The van der Waals surface area contributed by atoms with Crippen LogP contribution in [0, 0.1) is 5.92 Å². The number of hydrogen-bond acceptors (Lipinski definition) is 5. The highest BCUT2D eigenvalue weighted by Crippen LogP contribution is 2.00. The summed E-state index contributed by atoms with van der Waals surface area (Å²) in [6.07, 6.45) is -0.590. The molecule has 0 bridgehead atoms. The van der Waals surface area contributed by atoms with E-state index in [9.17, 15) is 24.6 Å². The third kappa shape index (κ3) is 3.34. The third-order valence-electron chi connectivity index (χ3n) is 1.12. The summed E-state index contributed by atoms with van der Waals surface area (Å²) in [7, 11) is 0. The van der Waals surface area contributed by atoms with Crippen molar-refractivity contribution in [2.75, 3.05) is 0 Å². The number of ketones is 1. The zero-order chi connectivity index (χ0) is 9.02. The van der Waals surface area contributed by atoms with Crippen LogP contribution >= 0.6 is 0 Å². The lowest BCUT2D eigenvalue weighted by molar-refractivity contribution is -0.307. The molecule has 0 aliphatic rings. The molecular weight excluding hydrogens is 152 g/mol. The fraction of sp³-hybridized carbons (Fsp3) is 0.500. The van der Waals surface area contributed by atoms with Crippen molar-refractivity contribution < 1.29 is 24.6 Å². The minimum Gasteiger partial charge on any atom is -0.550 e. The van der Waals surface area contributed by atoms with Gasteiger partial charge >= 0.3 is 0 Å². The van der Waals surface area contributed by atoms with Gasteiger partial charge in [-0.3, -0.25) is 4.79 Å². The summed E-state index contributed by atoms with van der Waals surface area (Å²) < 4.78 is 0. The zero-order valence-corrected chi connectivity index (χ0v) is 5.83. The van der Waals surface area contributed by atoms with Crippen LogP contribution < -0.4 is 10.2 Å². The predicted molar refractivity (Wildman–Crippen MR) is 28.8 cm³/mol. The lowest BCUT2D eigenvalue weighted by Gasteiger charge is -2.10. The van der Waals surface area contributed by atoms with Crippen LogP contribution in [-0.4, -0.2) is 17.7 Å². The predicted octanol–water partition coefficient (Wildman–Crippen LogP) is -2.92. The average molecular weight is 158 g/mol. The largest absolute Gasteiger partial charge is 0.550 e. The molecule has 0 aromatic heterocycles. The van der Waals surface area contributed by atoms with Crippen LogP contribution in [0.2, 0.25) is 0 Å². The molecule has 0 saturated heterocycles. The molecule has 0 N–H and O–H groups in total. The summed E-state index contributed by atoms with van der Waals surface area (Å²) in [5.41, 5.74) is 0. The quantitative estimate of drug-likeness (QED) is 0.408. The summed E-state index contributed by atoms with van der Waals surface area (Å²) in [5.74, 6) is -5.61. The Kier molecular flexibility index (Phi) is 3.23. The van der Waals surface area contributed by atoms with E-state index >= 15 is 0 Å². The number of carboxylic acid groups (broad SMARTS) is 2. The molecule has 5 nitrogen and oxygen atoms in total. The van der Waals surface area contributed by atoms with Gasteiger partial charge in [0.15, 0.2) is 5.78 Å². The van der Waals surface area contributed by atoms with E-state index < -0.39 is 30.1 Å². The molecule has 0 spiro atoms. The van der Waals surface area contributed by atoms with E-state index in [0.717, 1.165) is 0 Å². The summed E-state index contributed by atoms with van der Waals surface area (Å²) in [4.78, 5) is 30.1. The Morgan fingerprint density at radius 1 is 1.27 bits per heavy atom. The fourth-order valence-electron chi connectivity index (χ4n) is 0.544. The Labute approximate surface area is 62.6 Å². The van der Waals surface area contributed by atoms with Crippen molar-refractivity contribution >= 4 is 17.7 Å². The van der Waals surface area contributed by atoms with E-state index in [1.807, 2.05) is 0 Å². The average Bonchev–Trinajstić information content (AvgIpc) is 1.84. The van der Waals surface area contributed by atoms with Gasteiger partial charge in [-0.1, -0.05) is 6.92 Å². The van der Waals surface area contributed by atoms with E-state index in [1.54, 1.807) is 0 Å². The molecule has 1 atom stereocenters. The van der Waals surface area contributed by atoms with Crippen molar-refractivity contribution in [2.45, 2.75) is 13.3 Å². The van der Waals surface area contributed by atoms with E-state index in [0.29, 0.717) is 0 Å². The number of carbonyl (C=O) groups excluding carboxylic acids is 3. The minimum absolute atomic E-state index is 0.590. The van der Waals surface area contributed by atoms with Crippen LogP contribution in [0.4, 0.5) is 0 Å². The lowest BCUT2D eigenvalue weighted by Crippen LogP contribution is -2.37. The zero-order valence-electron chi connectivity index (χ0n) is 5.83. The molecule has 0 rings (SSSR count). The molecule has 11 heavy (non-hydrogen) atoms. The molecule has 5 heteroatoms. The number of aliphatic carboxylic acids is 2. The maximum absolute atomic E-state index is 10.4. The Balaban J connectivity index is 4.03. The van der Waals surface area contributed by atoms with Crippen LogP contribution in [0.15, 0.2) is 0 Å². The van der Waals surface area contributed by atoms with E-state index in [4.69, 9.17) is 0 Å². The third-order valence-corrected chi connectivity index (χ3v) is 1.12. The van der Waals surface area contributed by atoms with Gasteiger partial charge in [-0.05, 0) is 6.42 Å². The second kappa shape index (κ2) is 3.70. The molecule has 0 aromatic carbocycles. The maximum atomic E-state index is 10.4. The number of hydrogen-bond donors (Lipinski definition) is 0. The highest BCUT2D eigenvalue weighted by Gasteiger charge is 2.13. The number of rotatable bonds is 4. The van der Waals surface area contributed by atoms with Gasteiger partial charge in [0.2, 0.25) is 0 Å². The molecular formula is C6H6O5-2. The summed E-state index contributed by atoms with van der Waals surface area (Å²) in [5, 5.41) is 19.7. The van der Waals surface area contributed by atoms with Gasteiger partial charge in [0, 0.05) is 11.9 Å². The molecule has 0 aliphatic heterocycles. The summed E-state index contributed by atoms with van der Waals surface area (Å²) in [6, 6.07) is 0. The molecule has 0 radical (unpaired) electrons. The standard InChI is InChI=1S/C6H8O5/c1-3(2-4(7)8)5(9)6(10)11/h3H,2H2,1H3,(H,7,8)(H,10,11)/p-2/t3-/m1/s1. The summed E-state index contributed by atoms with van der Waals surface area (Å²) in [6.45, 7) is 1.19. The summed E-state index contributed by atoms with van der Waals surface area (Å²) >= 11 is 0. The van der Waals surface area contributed by atoms with Crippen molar-refractivity contribution in [3.63, 3.8) is 0 Å². The topological polar surface area (TPSA) is 97.3 Å². The molecule has 0 aliphatic carbocycles. The van der Waals surface area contributed by atoms with Crippen LogP contribution in [0.1, 0.15) is 13.3 Å². The molecule has 62 valence electrons. The van der Waals surface area contributed by atoms with E-state index in [1.165, 1.54) is 6.92 Å². The van der Waals surface area contributed by atoms with Crippen molar-refractivity contribution in [1.82, 2.24) is 0 Å². The van der Waals surface area contributed by atoms with Gasteiger partial charge in [-0.2, -0.15) is 0 Å². The molecule has 0 fully saturated rings. The Bertz CT molecular complexity index is 195. The van der Waals surface area contributed by atoms with E-state index in [-0.39, 0.29) is 0 Å². The van der Waals surface area contributed by atoms with Gasteiger partial charge < -0.3 is 19.8 Å². The first-order chi connectivity index (χ1) is 4.95. The normalized spacial score (nSPS) is 12.1. The lowest BCUT2D eigenvalue weighted by atomic mass is 10.0. The first kappa shape index (κ1) is 9.61. The number of Topliss-reactive ketones (excluding diaryl/α,β-unsaturated/α-hetero) is 1. The Morgan fingerprint density at radius 3 is 2.00 bits per heavy atom. The van der Waals surface area contributed by atoms with Crippen molar-refractivity contribution in [3.8, 4) is 0 Å². The van der Waals surface area contributed by atoms with Gasteiger partial charge in [0.05, 0.1) is 0 Å². The maximum Gasteiger partial charge on any atom is 0.181 e. The van der Waals surface area contributed by atoms with Crippen molar-refractivity contribution in [2.24, 2.45) is 5.92 Å². The molecule has 0 heterocycles. The molecule has 0 saturated carbocycles. The molecule has 0 amide bonds. The monoisotopic (exact) mass is 158 g/mol. The number of carboxylic acids is 2. The van der Waals surface area contributed by atoms with Crippen LogP contribution in [0.5, 0.6) is 0 Å². The first-order valence-electron chi connectivity index (χ1n) is 2.90. The van der Waals surface area contributed by atoms with Gasteiger partial charge in [0.1, 0.15) is 5.97 Å². The fourth-order valence-corrected chi connectivity index (χ4v) is 0.544. The second-order valence-corrected chi connectivity index (χ2v) is 2.13. The van der Waals surface area contributed by atoms with Gasteiger partial charge in [-0.15, -0.1) is 0 Å². The van der Waals surface area contributed by atoms with Gasteiger partial charge in [0.25, 0.3) is 0 Å². The van der Waals surface area contributed by atoms with Crippen LogP contribution in [-0.2, 0) is 14.4 Å². The highest BCUT2D eigenvalue weighted by atomic mass is 16.4. The van der Waals surface area contributed by atoms with Crippen molar-refractivity contribution in [1.29, 1.82) is 0 Å². The Morgan fingerprint density at radius 2 is 1.73 bits per heavy atom. The SMILES string of the molecule is C[C@H](CC(=O)[O-])C(=O)C(=O)[O-]. The number of carbonyl (C=O) groups is 3. The molecule has 0 unspecified atom stereocenters. The van der Waals surface area contributed by atoms with E-state index in [2.05, 4.69) is 0 Å². The van der Waals surface area contributed by atoms with Crippen LogP contribution in [0.25, 0.3) is 0 Å². The minimum atomic E-state index is -1.86. The highest BCUT2D eigenvalue weighted by molar-refractivity contribution is 6.32. The Hall–Kier alpha value is -1.39. The smallest absolute Gasteiger partial charge is 0.181 e. The van der Waals surface area contributed by atoms with Gasteiger partial charge in [-0.25, -0.2) is 0 Å². The first-order valence-corrected chi connectivity index (χ1v) is 2.90. The van der Waals surface area contributed by atoms with Crippen LogP contribution in [0.3, 0.4) is 0 Å². The molecule has 0 aromatic rings. The van der Waals surface area contributed by atoms with Crippen molar-refractivity contribution in [3.05, 3.63) is 0 Å². The second-order valence-electron chi connectivity index (χ2n) is 2.13.